The SMILES string of the molecule is Cc1conc1CNCC(C)(C)N(C)C. The first-order chi connectivity index (χ1) is 6.93. The Balaban J connectivity index is 2.37. The van der Waals surface area contributed by atoms with Crippen LogP contribution in [0.25, 0.3) is 0 Å². The van der Waals surface area contributed by atoms with Gasteiger partial charge in [0, 0.05) is 24.2 Å². The molecule has 0 amide bonds. The minimum absolute atomic E-state index is 0.150. The van der Waals surface area contributed by atoms with E-state index in [1.807, 2.05) is 6.92 Å². The summed E-state index contributed by atoms with van der Waals surface area (Å²) in [6, 6.07) is 0. The van der Waals surface area contributed by atoms with Gasteiger partial charge in [0.15, 0.2) is 0 Å². The predicted octanol–water partition coefficient (Wildman–Crippen LogP) is 1.41. The Labute approximate surface area is 91.6 Å². The molecule has 0 bridgehead atoms. The molecule has 1 rings (SSSR count). The normalized spacial score (nSPS) is 12.4. The van der Waals surface area contributed by atoms with Crippen LogP contribution in [0.1, 0.15) is 25.1 Å². The third kappa shape index (κ3) is 3.32. The van der Waals surface area contributed by atoms with E-state index in [-0.39, 0.29) is 5.54 Å². The van der Waals surface area contributed by atoms with Gasteiger partial charge in [-0.05, 0) is 34.9 Å². The summed E-state index contributed by atoms with van der Waals surface area (Å²) < 4.78 is 4.87. The molecular weight excluding hydrogens is 190 g/mol. The second-order valence-corrected chi connectivity index (χ2v) is 4.75. The molecule has 0 saturated heterocycles. The Bertz CT molecular complexity index is 305. The van der Waals surface area contributed by atoms with Gasteiger partial charge >= 0.3 is 0 Å². The van der Waals surface area contributed by atoms with Crippen molar-refractivity contribution in [2.75, 3.05) is 20.6 Å². The van der Waals surface area contributed by atoms with E-state index in [4.69, 9.17) is 4.52 Å². The molecule has 0 aliphatic heterocycles. The third-order valence-electron chi connectivity index (χ3n) is 2.91. The number of hydrogen-bond acceptors (Lipinski definition) is 4. The molecule has 0 atom stereocenters. The van der Waals surface area contributed by atoms with Gasteiger partial charge in [-0.15, -0.1) is 0 Å². The zero-order valence-corrected chi connectivity index (χ0v) is 10.3. The van der Waals surface area contributed by atoms with Crippen LogP contribution >= 0.6 is 0 Å². The molecule has 1 heterocycles. The maximum Gasteiger partial charge on any atom is 0.127 e. The Kier molecular flexibility index (Phi) is 3.88. The molecule has 0 unspecified atom stereocenters. The van der Waals surface area contributed by atoms with E-state index in [9.17, 15) is 0 Å². The molecule has 0 aliphatic carbocycles. The smallest absolute Gasteiger partial charge is 0.127 e. The molecule has 4 nitrogen and oxygen atoms in total. The van der Waals surface area contributed by atoms with Crippen LogP contribution in [0.5, 0.6) is 0 Å². The molecule has 0 aromatic carbocycles. The Morgan fingerprint density at radius 3 is 2.60 bits per heavy atom. The lowest BCUT2D eigenvalue weighted by Crippen LogP contribution is -2.46. The lowest BCUT2D eigenvalue weighted by Gasteiger charge is -2.32. The number of aryl methyl sites for hydroxylation is 1. The van der Waals surface area contributed by atoms with E-state index in [1.165, 1.54) is 0 Å². The zero-order chi connectivity index (χ0) is 11.5. The molecule has 0 fully saturated rings. The van der Waals surface area contributed by atoms with E-state index < -0.39 is 0 Å². The summed E-state index contributed by atoms with van der Waals surface area (Å²) in [6.07, 6.45) is 1.67. The van der Waals surface area contributed by atoms with Gasteiger partial charge in [-0.1, -0.05) is 5.16 Å². The van der Waals surface area contributed by atoms with Crippen molar-refractivity contribution >= 4 is 0 Å². The van der Waals surface area contributed by atoms with Crippen molar-refractivity contribution < 1.29 is 4.52 Å². The molecule has 4 heteroatoms. The summed E-state index contributed by atoms with van der Waals surface area (Å²) in [5.41, 5.74) is 2.24. The van der Waals surface area contributed by atoms with Crippen molar-refractivity contribution in [3.05, 3.63) is 17.5 Å². The average Bonchev–Trinajstić information content (AvgIpc) is 2.51. The molecule has 0 aliphatic rings. The first kappa shape index (κ1) is 12.2. The van der Waals surface area contributed by atoms with Crippen LogP contribution < -0.4 is 5.32 Å². The van der Waals surface area contributed by atoms with Crippen LogP contribution in [0.15, 0.2) is 10.8 Å². The van der Waals surface area contributed by atoms with Crippen LogP contribution in [-0.2, 0) is 6.54 Å². The summed E-state index contributed by atoms with van der Waals surface area (Å²) in [6.45, 7) is 8.10. The number of hydrogen-bond donors (Lipinski definition) is 1. The lowest BCUT2D eigenvalue weighted by molar-refractivity contribution is 0.189. The summed E-state index contributed by atoms with van der Waals surface area (Å²) in [4.78, 5) is 2.20. The van der Waals surface area contributed by atoms with Gasteiger partial charge in [-0.25, -0.2) is 0 Å². The van der Waals surface area contributed by atoms with E-state index >= 15 is 0 Å². The molecular formula is C11H21N3O. The number of nitrogens with zero attached hydrogens (tertiary/aromatic N) is 2. The fourth-order valence-electron chi connectivity index (χ4n) is 1.13. The van der Waals surface area contributed by atoms with Crippen molar-refractivity contribution in [1.82, 2.24) is 15.4 Å². The first-order valence-corrected chi connectivity index (χ1v) is 5.21. The van der Waals surface area contributed by atoms with Gasteiger partial charge in [0.2, 0.25) is 0 Å². The number of rotatable bonds is 5. The topological polar surface area (TPSA) is 41.3 Å². The number of nitrogens with one attached hydrogen (secondary N) is 1. The fourth-order valence-corrected chi connectivity index (χ4v) is 1.13. The van der Waals surface area contributed by atoms with Crippen LogP contribution in [0.2, 0.25) is 0 Å². The summed E-state index contributed by atoms with van der Waals surface area (Å²) >= 11 is 0. The van der Waals surface area contributed by atoms with Gasteiger partial charge < -0.3 is 14.7 Å². The zero-order valence-electron chi connectivity index (χ0n) is 10.3. The Hall–Kier alpha value is -0.870. The molecule has 86 valence electrons. The van der Waals surface area contributed by atoms with Gasteiger partial charge in [-0.3, -0.25) is 0 Å². The molecule has 15 heavy (non-hydrogen) atoms. The van der Waals surface area contributed by atoms with Gasteiger partial charge in [0.1, 0.15) is 12.0 Å². The van der Waals surface area contributed by atoms with Crippen molar-refractivity contribution in [3.63, 3.8) is 0 Å². The van der Waals surface area contributed by atoms with Crippen molar-refractivity contribution in [3.8, 4) is 0 Å². The molecule has 1 N–H and O–H groups in total. The van der Waals surface area contributed by atoms with Gasteiger partial charge in [-0.2, -0.15) is 0 Å². The highest BCUT2D eigenvalue weighted by molar-refractivity contribution is 5.11. The standard InChI is InChI=1S/C11H21N3O/c1-9-7-15-13-10(9)6-12-8-11(2,3)14(4)5/h7,12H,6,8H2,1-5H3. The fraction of sp³-hybridized carbons (Fsp3) is 0.727. The van der Waals surface area contributed by atoms with Gasteiger partial charge in [0.25, 0.3) is 0 Å². The van der Waals surface area contributed by atoms with Crippen molar-refractivity contribution in [2.45, 2.75) is 32.9 Å². The number of likely N-dealkylation sites (N-methyl/N-ethyl adjacent to an activating group) is 1. The van der Waals surface area contributed by atoms with Crippen molar-refractivity contribution in [1.29, 1.82) is 0 Å². The second kappa shape index (κ2) is 4.77. The first-order valence-electron chi connectivity index (χ1n) is 5.21. The summed E-state index contributed by atoms with van der Waals surface area (Å²) in [5.74, 6) is 0. The van der Waals surface area contributed by atoms with Crippen molar-refractivity contribution in [2.24, 2.45) is 0 Å². The minimum atomic E-state index is 0.150. The highest BCUT2D eigenvalue weighted by Gasteiger charge is 2.19. The second-order valence-electron chi connectivity index (χ2n) is 4.75. The van der Waals surface area contributed by atoms with E-state index in [0.717, 1.165) is 24.3 Å². The molecule has 0 saturated carbocycles. The molecule has 1 aromatic rings. The third-order valence-corrected chi connectivity index (χ3v) is 2.91. The van der Waals surface area contributed by atoms with Crippen LogP contribution in [0.3, 0.4) is 0 Å². The largest absolute Gasteiger partial charge is 0.364 e. The summed E-state index contributed by atoms with van der Waals surface area (Å²) in [7, 11) is 4.17. The maximum absolute atomic E-state index is 4.87. The van der Waals surface area contributed by atoms with E-state index in [0.29, 0.717) is 0 Å². The average molecular weight is 211 g/mol. The predicted molar refractivity (Wildman–Crippen MR) is 60.7 cm³/mol. The minimum Gasteiger partial charge on any atom is -0.364 e. The highest BCUT2D eigenvalue weighted by atomic mass is 16.5. The van der Waals surface area contributed by atoms with E-state index in [1.54, 1.807) is 6.26 Å². The molecule has 0 radical (unpaired) electrons. The monoisotopic (exact) mass is 211 g/mol. The van der Waals surface area contributed by atoms with Gasteiger partial charge in [0.05, 0.1) is 0 Å². The molecule has 1 aromatic heterocycles. The van der Waals surface area contributed by atoms with Crippen LogP contribution in [-0.4, -0.2) is 36.2 Å². The lowest BCUT2D eigenvalue weighted by atomic mass is 10.0. The van der Waals surface area contributed by atoms with Crippen LogP contribution in [0, 0.1) is 6.92 Å². The van der Waals surface area contributed by atoms with Crippen LogP contribution in [0.4, 0.5) is 0 Å². The Morgan fingerprint density at radius 1 is 1.47 bits per heavy atom. The maximum atomic E-state index is 4.87. The highest BCUT2D eigenvalue weighted by Crippen LogP contribution is 2.09. The quantitative estimate of drug-likeness (QED) is 0.799. The summed E-state index contributed by atoms with van der Waals surface area (Å²) in [5, 5.41) is 7.32. The number of aromatic nitrogens is 1. The Morgan fingerprint density at radius 2 is 2.13 bits per heavy atom. The van der Waals surface area contributed by atoms with E-state index in [2.05, 4.69) is 43.3 Å². The molecule has 0 spiro atoms.